The van der Waals surface area contributed by atoms with Crippen molar-refractivity contribution in [2.75, 3.05) is 31.4 Å². The first kappa shape index (κ1) is 20.1. The molecule has 7 nitrogen and oxygen atoms in total. The van der Waals surface area contributed by atoms with Gasteiger partial charge in [-0.05, 0) is 49.2 Å². The number of aromatic nitrogens is 2. The number of esters is 1. The fourth-order valence-electron chi connectivity index (χ4n) is 2.85. The van der Waals surface area contributed by atoms with Crippen LogP contribution in [-0.4, -0.2) is 36.7 Å². The molecule has 0 fully saturated rings. The Hall–Kier alpha value is -3.61. The number of hydrogen-bond donors (Lipinski definition) is 2. The van der Waals surface area contributed by atoms with Crippen LogP contribution in [0.15, 0.2) is 54.6 Å². The highest BCUT2D eigenvalue weighted by Crippen LogP contribution is 2.19. The summed E-state index contributed by atoms with van der Waals surface area (Å²) in [7, 11) is 3.02. The number of rotatable bonds is 8. The van der Waals surface area contributed by atoms with Gasteiger partial charge in [-0.15, -0.1) is 0 Å². The van der Waals surface area contributed by atoms with Gasteiger partial charge in [-0.3, -0.25) is 0 Å². The topological polar surface area (TPSA) is 85.4 Å². The van der Waals surface area contributed by atoms with E-state index in [1.165, 1.54) is 12.7 Å². The van der Waals surface area contributed by atoms with Crippen LogP contribution in [0.2, 0.25) is 0 Å². The second-order valence-electron chi connectivity index (χ2n) is 6.44. The summed E-state index contributed by atoms with van der Waals surface area (Å²) in [6.45, 7) is 2.60. The van der Waals surface area contributed by atoms with Gasteiger partial charge in [0.2, 0.25) is 5.95 Å². The van der Waals surface area contributed by atoms with Crippen molar-refractivity contribution in [2.24, 2.45) is 0 Å². The summed E-state index contributed by atoms with van der Waals surface area (Å²) >= 11 is 0. The van der Waals surface area contributed by atoms with Crippen LogP contribution in [0.25, 0.3) is 0 Å². The lowest BCUT2D eigenvalue weighted by Gasteiger charge is -2.11. The van der Waals surface area contributed by atoms with Gasteiger partial charge >= 0.3 is 5.97 Å². The highest BCUT2D eigenvalue weighted by atomic mass is 16.5. The normalized spacial score (nSPS) is 10.3. The minimum absolute atomic E-state index is 0.382. The van der Waals surface area contributed by atoms with Crippen LogP contribution in [0.3, 0.4) is 0 Å². The van der Waals surface area contributed by atoms with Crippen molar-refractivity contribution in [3.63, 3.8) is 0 Å². The molecule has 1 heterocycles. The zero-order valence-electron chi connectivity index (χ0n) is 16.7. The van der Waals surface area contributed by atoms with E-state index in [2.05, 4.69) is 26.7 Å². The molecule has 2 aromatic carbocycles. The smallest absolute Gasteiger partial charge is 0.337 e. The number of carbonyl (C=O) groups excluding carboxylic acids is 1. The van der Waals surface area contributed by atoms with Crippen molar-refractivity contribution < 1.29 is 14.3 Å². The maximum atomic E-state index is 11.7. The Morgan fingerprint density at radius 2 is 1.86 bits per heavy atom. The summed E-state index contributed by atoms with van der Waals surface area (Å²) in [6.07, 6.45) is 0.818. The summed E-state index contributed by atoms with van der Waals surface area (Å²) in [5.41, 5.74) is 3.21. The molecule has 0 amide bonds. The highest BCUT2D eigenvalue weighted by molar-refractivity contribution is 5.90. The van der Waals surface area contributed by atoms with Crippen molar-refractivity contribution in [1.29, 1.82) is 0 Å². The lowest BCUT2D eigenvalue weighted by Crippen LogP contribution is -2.10. The number of benzene rings is 2. The molecule has 29 heavy (non-hydrogen) atoms. The Morgan fingerprint density at radius 3 is 2.66 bits per heavy atom. The number of carbonyl (C=O) groups is 1. The van der Waals surface area contributed by atoms with Crippen LogP contribution in [0.1, 0.15) is 21.6 Å². The first-order chi connectivity index (χ1) is 14.1. The Balaban J connectivity index is 1.66. The van der Waals surface area contributed by atoms with Crippen LogP contribution in [0.4, 0.5) is 17.5 Å². The van der Waals surface area contributed by atoms with Gasteiger partial charge < -0.3 is 20.1 Å². The summed E-state index contributed by atoms with van der Waals surface area (Å²) in [5, 5.41) is 6.47. The van der Waals surface area contributed by atoms with Crippen molar-refractivity contribution in [1.82, 2.24) is 9.97 Å². The molecule has 0 saturated heterocycles. The summed E-state index contributed by atoms with van der Waals surface area (Å²) in [4.78, 5) is 20.7. The van der Waals surface area contributed by atoms with Gasteiger partial charge in [-0.2, -0.15) is 4.98 Å². The maximum absolute atomic E-state index is 11.7. The van der Waals surface area contributed by atoms with E-state index in [1.807, 2.05) is 37.3 Å². The molecule has 0 bridgehead atoms. The molecular formula is C22H24N4O3. The van der Waals surface area contributed by atoms with Crippen LogP contribution in [0, 0.1) is 6.92 Å². The molecule has 0 aliphatic heterocycles. The number of hydrogen-bond acceptors (Lipinski definition) is 7. The largest absolute Gasteiger partial charge is 0.497 e. The van der Waals surface area contributed by atoms with Crippen molar-refractivity contribution >= 4 is 23.4 Å². The van der Waals surface area contributed by atoms with E-state index < -0.39 is 0 Å². The lowest BCUT2D eigenvalue weighted by molar-refractivity contribution is 0.0601. The molecule has 7 heteroatoms. The molecule has 0 aliphatic carbocycles. The quantitative estimate of drug-likeness (QED) is 0.561. The van der Waals surface area contributed by atoms with Crippen molar-refractivity contribution in [2.45, 2.75) is 13.3 Å². The minimum atomic E-state index is -0.382. The average molecular weight is 392 g/mol. The van der Waals surface area contributed by atoms with E-state index in [0.717, 1.165) is 23.6 Å². The fraction of sp³-hybridized carbons (Fsp3) is 0.227. The zero-order valence-corrected chi connectivity index (χ0v) is 16.7. The molecule has 0 unspecified atom stereocenters. The fourth-order valence-corrected chi connectivity index (χ4v) is 2.85. The molecule has 0 aliphatic rings. The van der Waals surface area contributed by atoms with E-state index in [0.29, 0.717) is 23.9 Å². The van der Waals surface area contributed by atoms with Gasteiger partial charge in [-0.25, -0.2) is 9.78 Å². The van der Waals surface area contributed by atoms with Gasteiger partial charge in [0.25, 0.3) is 0 Å². The van der Waals surface area contributed by atoms with Crippen LogP contribution >= 0.6 is 0 Å². The predicted molar refractivity (Wildman–Crippen MR) is 113 cm³/mol. The first-order valence-electron chi connectivity index (χ1n) is 9.25. The second kappa shape index (κ2) is 9.54. The van der Waals surface area contributed by atoms with Crippen LogP contribution in [0.5, 0.6) is 5.75 Å². The number of ether oxygens (including phenoxy) is 2. The molecule has 3 aromatic rings. The van der Waals surface area contributed by atoms with Crippen LogP contribution in [-0.2, 0) is 11.2 Å². The van der Waals surface area contributed by atoms with E-state index in [1.54, 1.807) is 25.3 Å². The zero-order chi connectivity index (χ0) is 20.6. The molecular weight excluding hydrogens is 368 g/mol. The molecule has 2 N–H and O–H groups in total. The predicted octanol–water partition coefficient (Wildman–Crippen LogP) is 3.98. The van der Waals surface area contributed by atoms with Gasteiger partial charge in [0, 0.05) is 24.0 Å². The van der Waals surface area contributed by atoms with E-state index >= 15 is 0 Å². The number of aryl methyl sites for hydroxylation is 1. The van der Waals surface area contributed by atoms with E-state index in [-0.39, 0.29) is 5.97 Å². The average Bonchev–Trinajstić information content (AvgIpc) is 2.73. The molecule has 150 valence electrons. The lowest BCUT2D eigenvalue weighted by atomic mass is 10.1. The molecule has 0 atom stereocenters. The van der Waals surface area contributed by atoms with Crippen molar-refractivity contribution in [3.05, 3.63) is 71.4 Å². The maximum Gasteiger partial charge on any atom is 0.337 e. The first-order valence-corrected chi connectivity index (χ1v) is 9.25. The van der Waals surface area contributed by atoms with Gasteiger partial charge in [0.1, 0.15) is 11.6 Å². The minimum Gasteiger partial charge on any atom is -0.497 e. The number of anilines is 3. The molecule has 0 radical (unpaired) electrons. The van der Waals surface area contributed by atoms with E-state index in [4.69, 9.17) is 9.47 Å². The number of nitrogens with one attached hydrogen (secondary N) is 2. The van der Waals surface area contributed by atoms with Crippen molar-refractivity contribution in [3.8, 4) is 5.75 Å². The Morgan fingerprint density at radius 1 is 1.03 bits per heavy atom. The molecule has 3 rings (SSSR count). The standard InChI is InChI=1S/C22H24N4O3/c1-15-12-20(25-18-8-5-7-17(14-18)21(27)29-3)26-22(24-15)23-11-10-16-6-4-9-19(13-16)28-2/h4-9,12-14H,10-11H2,1-3H3,(H2,23,24,25,26). The summed E-state index contributed by atoms with van der Waals surface area (Å²) < 4.78 is 10.0. The van der Waals surface area contributed by atoms with Crippen LogP contribution < -0.4 is 15.4 Å². The monoisotopic (exact) mass is 392 g/mol. The third kappa shape index (κ3) is 5.68. The molecule has 0 saturated carbocycles. The third-order valence-corrected chi connectivity index (χ3v) is 4.24. The number of nitrogens with zero attached hydrogens (tertiary/aromatic N) is 2. The Bertz CT molecular complexity index is 991. The van der Waals surface area contributed by atoms with Gasteiger partial charge in [0.15, 0.2) is 0 Å². The van der Waals surface area contributed by atoms with Gasteiger partial charge in [0.05, 0.1) is 19.8 Å². The molecule has 1 aromatic heterocycles. The molecule has 0 spiro atoms. The Labute approximate surface area is 170 Å². The highest BCUT2D eigenvalue weighted by Gasteiger charge is 2.07. The second-order valence-corrected chi connectivity index (χ2v) is 6.44. The number of methoxy groups -OCH3 is 2. The van der Waals surface area contributed by atoms with Gasteiger partial charge in [-0.1, -0.05) is 18.2 Å². The summed E-state index contributed by atoms with van der Waals surface area (Å²) in [6, 6.07) is 16.9. The summed E-state index contributed by atoms with van der Waals surface area (Å²) in [5.74, 6) is 1.64. The Kier molecular flexibility index (Phi) is 6.63. The SMILES string of the molecule is COC(=O)c1cccc(Nc2cc(C)nc(NCCc3cccc(OC)c3)n2)c1. The van der Waals surface area contributed by atoms with E-state index in [9.17, 15) is 4.79 Å². The third-order valence-electron chi connectivity index (χ3n) is 4.24.